The van der Waals surface area contributed by atoms with Crippen molar-refractivity contribution in [3.8, 4) is 0 Å². The molecule has 3 heteroatoms. The number of hydrogen-bond acceptors (Lipinski definition) is 1. The molecular formula is C12H19NO2. The monoisotopic (exact) mass is 209 g/mol. The largest absolute Gasteiger partial charge is 0.478 e. The van der Waals surface area contributed by atoms with E-state index in [2.05, 4.69) is 25.8 Å². The number of carbonyl (C=O) groups is 1. The summed E-state index contributed by atoms with van der Waals surface area (Å²) in [7, 11) is 0. The second-order valence-corrected chi connectivity index (χ2v) is 3.98. The summed E-state index contributed by atoms with van der Waals surface area (Å²) in [6, 6.07) is 1.78. The highest BCUT2D eigenvalue weighted by molar-refractivity contribution is 5.89. The summed E-state index contributed by atoms with van der Waals surface area (Å²) >= 11 is 0. The Bertz CT molecular complexity index is 341. The molecule has 0 radical (unpaired) electrons. The predicted molar refractivity (Wildman–Crippen MR) is 60.5 cm³/mol. The number of aryl methyl sites for hydroxylation is 1. The van der Waals surface area contributed by atoms with Gasteiger partial charge in [0.25, 0.3) is 0 Å². The molecule has 2 N–H and O–H groups in total. The first-order chi connectivity index (χ1) is 7.10. The lowest BCUT2D eigenvalue weighted by atomic mass is 10.1. The van der Waals surface area contributed by atoms with Gasteiger partial charge in [-0.25, -0.2) is 4.79 Å². The first-order valence-corrected chi connectivity index (χ1v) is 5.55. The fraction of sp³-hybridized carbons (Fsp3) is 0.583. The first kappa shape index (κ1) is 11.8. The smallest absolute Gasteiger partial charge is 0.337 e. The minimum atomic E-state index is -0.829. The van der Waals surface area contributed by atoms with Crippen LogP contribution in [0.15, 0.2) is 6.07 Å². The normalized spacial score (nSPS) is 12.7. The zero-order valence-electron chi connectivity index (χ0n) is 9.63. The van der Waals surface area contributed by atoms with E-state index in [9.17, 15) is 4.79 Å². The molecule has 0 saturated heterocycles. The van der Waals surface area contributed by atoms with Gasteiger partial charge in [-0.05, 0) is 24.8 Å². The van der Waals surface area contributed by atoms with Crippen LogP contribution in [0.4, 0.5) is 0 Å². The van der Waals surface area contributed by atoms with Crippen molar-refractivity contribution in [1.29, 1.82) is 0 Å². The Balaban J connectivity index is 3.03. The highest BCUT2D eigenvalue weighted by Gasteiger charge is 2.15. The number of aromatic nitrogens is 1. The summed E-state index contributed by atoms with van der Waals surface area (Å²) in [4.78, 5) is 14.2. The Labute approximate surface area is 90.5 Å². The Hall–Kier alpha value is -1.25. The maximum Gasteiger partial charge on any atom is 0.337 e. The van der Waals surface area contributed by atoms with E-state index in [-0.39, 0.29) is 0 Å². The molecule has 0 aliphatic rings. The summed E-state index contributed by atoms with van der Waals surface area (Å²) in [5, 5.41) is 9.04. The molecule has 1 aromatic rings. The lowest BCUT2D eigenvalue weighted by molar-refractivity contribution is 0.0696. The number of hydrogen-bond donors (Lipinski definition) is 2. The topological polar surface area (TPSA) is 53.1 Å². The van der Waals surface area contributed by atoms with Crippen molar-refractivity contribution in [2.45, 2.75) is 46.0 Å². The molecule has 1 rings (SSSR count). The molecule has 0 aliphatic heterocycles. The molecule has 1 atom stereocenters. The van der Waals surface area contributed by atoms with E-state index in [4.69, 9.17) is 5.11 Å². The van der Waals surface area contributed by atoms with E-state index in [1.54, 1.807) is 6.07 Å². The van der Waals surface area contributed by atoms with E-state index < -0.39 is 5.97 Å². The molecule has 0 bridgehead atoms. The lowest BCUT2D eigenvalue weighted by Crippen LogP contribution is -1.99. The highest BCUT2D eigenvalue weighted by atomic mass is 16.4. The average Bonchev–Trinajstić information content (AvgIpc) is 2.61. The second-order valence-electron chi connectivity index (χ2n) is 3.98. The third kappa shape index (κ3) is 2.61. The Kier molecular flexibility index (Phi) is 3.95. The summed E-state index contributed by atoms with van der Waals surface area (Å²) in [6.07, 6.45) is 2.78. The average molecular weight is 209 g/mol. The third-order valence-corrected chi connectivity index (χ3v) is 2.79. The standard InChI is InChI=1S/C12H19NO2/c1-4-6-10-9(12(14)15)7-11(13-10)8(3)5-2/h7-8,13H,4-6H2,1-3H3,(H,14,15). The first-order valence-electron chi connectivity index (χ1n) is 5.55. The van der Waals surface area contributed by atoms with E-state index in [0.29, 0.717) is 11.5 Å². The quantitative estimate of drug-likeness (QED) is 0.782. The van der Waals surface area contributed by atoms with Gasteiger partial charge in [-0.1, -0.05) is 27.2 Å². The van der Waals surface area contributed by atoms with Crippen LogP contribution in [0.25, 0.3) is 0 Å². The Morgan fingerprint density at radius 1 is 1.53 bits per heavy atom. The molecule has 1 unspecified atom stereocenters. The van der Waals surface area contributed by atoms with Gasteiger partial charge in [-0.2, -0.15) is 0 Å². The van der Waals surface area contributed by atoms with Gasteiger partial charge in [0.15, 0.2) is 0 Å². The van der Waals surface area contributed by atoms with Crippen LogP contribution in [-0.2, 0) is 6.42 Å². The minimum absolute atomic E-state index is 0.397. The van der Waals surface area contributed by atoms with Crippen LogP contribution in [0.2, 0.25) is 0 Å². The van der Waals surface area contributed by atoms with Gasteiger partial charge in [0.2, 0.25) is 0 Å². The molecule has 84 valence electrons. The predicted octanol–water partition coefficient (Wildman–Crippen LogP) is 3.18. The van der Waals surface area contributed by atoms with Crippen LogP contribution < -0.4 is 0 Å². The van der Waals surface area contributed by atoms with Crippen molar-refractivity contribution >= 4 is 5.97 Å². The van der Waals surface area contributed by atoms with Gasteiger partial charge in [-0.15, -0.1) is 0 Å². The van der Waals surface area contributed by atoms with E-state index in [0.717, 1.165) is 30.7 Å². The summed E-state index contributed by atoms with van der Waals surface area (Å²) in [5.74, 6) is -0.432. The fourth-order valence-corrected chi connectivity index (χ4v) is 1.64. The van der Waals surface area contributed by atoms with E-state index >= 15 is 0 Å². The van der Waals surface area contributed by atoms with E-state index in [1.165, 1.54) is 0 Å². The van der Waals surface area contributed by atoms with Gasteiger partial charge in [-0.3, -0.25) is 0 Å². The summed E-state index contributed by atoms with van der Waals surface area (Å²) < 4.78 is 0. The van der Waals surface area contributed by atoms with Crippen molar-refractivity contribution in [1.82, 2.24) is 4.98 Å². The number of H-pyrrole nitrogens is 1. The third-order valence-electron chi connectivity index (χ3n) is 2.79. The van der Waals surface area contributed by atoms with Crippen molar-refractivity contribution in [2.24, 2.45) is 0 Å². The highest BCUT2D eigenvalue weighted by Crippen LogP contribution is 2.22. The lowest BCUT2D eigenvalue weighted by Gasteiger charge is -2.04. The van der Waals surface area contributed by atoms with Gasteiger partial charge < -0.3 is 10.1 Å². The van der Waals surface area contributed by atoms with Gasteiger partial charge in [0.1, 0.15) is 0 Å². The number of aromatic carboxylic acids is 1. The molecule has 0 saturated carbocycles. The number of carboxylic acids is 1. The van der Waals surface area contributed by atoms with Gasteiger partial charge in [0.05, 0.1) is 5.56 Å². The van der Waals surface area contributed by atoms with Crippen molar-refractivity contribution in [3.63, 3.8) is 0 Å². The Morgan fingerprint density at radius 2 is 2.20 bits per heavy atom. The van der Waals surface area contributed by atoms with Gasteiger partial charge >= 0.3 is 5.97 Å². The molecular weight excluding hydrogens is 190 g/mol. The molecule has 0 spiro atoms. The number of carboxylic acid groups (broad SMARTS) is 1. The molecule has 15 heavy (non-hydrogen) atoms. The molecule has 3 nitrogen and oxygen atoms in total. The van der Waals surface area contributed by atoms with Crippen LogP contribution >= 0.6 is 0 Å². The summed E-state index contributed by atoms with van der Waals surface area (Å²) in [6.45, 7) is 6.26. The molecule has 0 amide bonds. The molecule has 0 aromatic carbocycles. The molecule has 0 fully saturated rings. The number of aromatic amines is 1. The number of nitrogens with one attached hydrogen (secondary N) is 1. The molecule has 0 aliphatic carbocycles. The minimum Gasteiger partial charge on any atom is -0.478 e. The molecule has 1 aromatic heterocycles. The zero-order chi connectivity index (χ0) is 11.4. The van der Waals surface area contributed by atoms with Crippen molar-refractivity contribution < 1.29 is 9.90 Å². The van der Waals surface area contributed by atoms with Crippen LogP contribution in [0, 0.1) is 0 Å². The van der Waals surface area contributed by atoms with Crippen molar-refractivity contribution in [3.05, 3.63) is 23.0 Å². The van der Waals surface area contributed by atoms with Crippen LogP contribution in [0.5, 0.6) is 0 Å². The zero-order valence-corrected chi connectivity index (χ0v) is 9.63. The fourth-order valence-electron chi connectivity index (χ4n) is 1.64. The molecule has 1 heterocycles. The van der Waals surface area contributed by atoms with Crippen molar-refractivity contribution in [2.75, 3.05) is 0 Å². The van der Waals surface area contributed by atoms with Crippen LogP contribution in [-0.4, -0.2) is 16.1 Å². The second kappa shape index (κ2) is 5.01. The maximum atomic E-state index is 11.0. The van der Waals surface area contributed by atoms with Crippen LogP contribution in [0.1, 0.15) is 61.3 Å². The SMILES string of the molecule is CCCc1[nH]c(C(C)CC)cc1C(=O)O. The maximum absolute atomic E-state index is 11.0. The Morgan fingerprint density at radius 3 is 2.67 bits per heavy atom. The summed E-state index contributed by atoms with van der Waals surface area (Å²) in [5.41, 5.74) is 2.34. The van der Waals surface area contributed by atoms with Gasteiger partial charge in [0, 0.05) is 11.4 Å². The van der Waals surface area contributed by atoms with Crippen LogP contribution in [0.3, 0.4) is 0 Å². The number of rotatable bonds is 5. The van der Waals surface area contributed by atoms with E-state index in [1.807, 2.05) is 0 Å².